The number of rotatable bonds is 3. The van der Waals surface area contributed by atoms with Crippen LogP contribution in [0.15, 0.2) is 28.7 Å². The minimum absolute atomic E-state index is 0.0498. The van der Waals surface area contributed by atoms with Crippen molar-refractivity contribution in [2.24, 2.45) is 5.92 Å². The summed E-state index contributed by atoms with van der Waals surface area (Å²) in [7, 11) is 0. The Kier molecular flexibility index (Phi) is 4.29. The molecule has 1 aromatic rings. The van der Waals surface area contributed by atoms with Crippen molar-refractivity contribution >= 4 is 33.4 Å². The van der Waals surface area contributed by atoms with E-state index in [4.69, 9.17) is 0 Å². The second-order valence-corrected chi connectivity index (χ2v) is 6.80. The summed E-state index contributed by atoms with van der Waals surface area (Å²) in [5.41, 5.74) is 0.773. The van der Waals surface area contributed by atoms with Crippen molar-refractivity contribution in [1.29, 1.82) is 0 Å². The number of hydrogen-bond acceptors (Lipinski definition) is 2. The van der Waals surface area contributed by atoms with E-state index in [2.05, 4.69) is 21.2 Å². The zero-order chi connectivity index (χ0) is 14.8. The summed E-state index contributed by atoms with van der Waals surface area (Å²) in [5, 5.41) is 2.90. The fourth-order valence-corrected chi connectivity index (χ4v) is 3.52. The van der Waals surface area contributed by atoms with E-state index in [0.717, 1.165) is 23.0 Å². The van der Waals surface area contributed by atoms with Gasteiger partial charge in [-0.05, 0) is 37.1 Å². The summed E-state index contributed by atoms with van der Waals surface area (Å²) in [6, 6.07) is 7.85. The third-order valence-corrected chi connectivity index (χ3v) is 4.94. The van der Waals surface area contributed by atoms with Crippen LogP contribution in [0.4, 0.5) is 5.69 Å². The largest absolute Gasteiger partial charge is 0.339 e. The highest BCUT2D eigenvalue weighted by Gasteiger charge is 2.38. The highest BCUT2D eigenvalue weighted by molar-refractivity contribution is 9.10. The lowest BCUT2D eigenvalue weighted by molar-refractivity contribution is -0.129. The normalized spacial score (nSPS) is 22.8. The number of carbonyl (C=O) groups excluding carboxylic acids is 2. The molecule has 112 valence electrons. The maximum absolute atomic E-state index is 12.3. The first kappa shape index (κ1) is 14.6. The summed E-state index contributed by atoms with van der Waals surface area (Å²) in [4.78, 5) is 26.3. The highest BCUT2D eigenvalue weighted by Crippen LogP contribution is 2.30. The first-order chi connectivity index (χ1) is 10.1. The van der Waals surface area contributed by atoms with E-state index < -0.39 is 0 Å². The molecule has 2 aliphatic rings. The number of benzene rings is 1. The van der Waals surface area contributed by atoms with Crippen LogP contribution in [0, 0.1) is 5.92 Å². The maximum Gasteiger partial charge on any atom is 0.229 e. The minimum atomic E-state index is -0.221. The third-order valence-electron chi connectivity index (χ3n) is 4.41. The number of likely N-dealkylation sites (tertiary alicyclic amines) is 1. The van der Waals surface area contributed by atoms with Crippen LogP contribution < -0.4 is 5.32 Å². The Labute approximate surface area is 133 Å². The van der Waals surface area contributed by atoms with E-state index in [1.165, 1.54) is 12.8 Å². The van der Waals surface area contributed by atoms with Crippen LogP contribution in [-0.2, 0) is 9.59 Å². The van der Waals surface area contributed by atoms with Crippen molar-refractivity contribution in [2.75, 3.05) is 11.9 Å². The van der Waals surface area contributed by atoms with Crippen LogP contribution in [0.5, 0.6) is 0 Å². The van der Waals surface area contributed by atoms with Crippen LogP contribution in [0.3, 0.4) is 0 Å². The Morgan fingerprint density at radius 3 is 2.52 bits per heavy atom. The number of nitrogens with zero attached hydrogens (tertiary/aromatic N) is 1. The topological polar surface area (TPSA) is 49.4 Å². The van der Waals surface area contributed by atoms with Crippen molar-refractivity contribution in [3.8, 4) is 0 Å². The average Bonchev–Trinajstić information content (AvgIpc) is 3.10. The standard InChI is InChI=1S/C16H19BrN2O2/c17-12-5-7-13(8-6-12)18-16(21)11-9-15(20)19(10-11)14-3-1-2-4-14/h5-8,11,14H,1-4,9-10H2,(H,18,21)/t11-/m1/s1. The van der Waals surface area contributed by atoms with Gasteiger partial charge < -0.3 is 10.2 Å². The fourth-order valence-electron chi connectivity index (χ4n) is 3.25. The molecule has 0 bridgehead atoms. The Bertz CT molecular complexity index is 538. The van der Waals surface area contributed by atoms with Gasteiger partial charge in [0.05, 0.1) is 5.92 Å². The molecule has 0 unspecified atom stereocenters. The zero-order valence-corrected chi connectivity index (χ0v) is 13.4. The van der Waals surface area contributed by atoms with Crippen molar-refractivity contribution in [1.82, 2.24) is 4.90 Å². The molecule has 1 heterocycles. The first-order valence-electron chi connectivity index (χ1n) is 7.49. The molecule has 4 nitrogen and oxygen atoms in total. The lowest BCUT2D eigenvalue weighted by atomic mass is 10.1. The highest BCUT2D eigenvalue weighted by atomic mass is 79.9. The van der Waals surface area contributed by atoms with Gasteiger partial charge in [-0.1, -0.05) is 28.8 Å². The molecule has 0 aromatic heterocycles. The van der Waals surface area contributed by atoms with Gasteiger partial charge in [-0.3, -0.25) is 9.59 Å². The van der Waals surface area contributed by atoms with Crippen LogP contribution in [0.25, 0.3) is 0 Å². The average molecular weight is 351 g/mol. The molecule has 21 heavy (non-hydrogen) atoms. The second-order valence-electron chi connectivity index (χ2n) is 5.88. The summed E-state index contributed by atoms with van der Waals surface area (Å²) in [6.45, 7) is 0.575. The van der Waals surface area contributed by atoms with Crippen molar-refractivity contribution in [3.05, 3.63) is 28.7 Å². The third kappa shape index (κ3) is 3.28. The molecular formula is C16H19BrN2O2. The quantitative estimate of drug-likeness (QED) is 0.909. The molecule has 5 heteroatoms. The van der Waals surface area contributed by atoms with Gasteiger partial charge in [-0.15, -0.1) is 0 Å². The molecule has 1 aromatic carbocycles. The molecule has 3 rings (SSSR count). The SMILES string of the molecule is O=C(Nc1ccc(Br)cc1)[C@@H]1CC(=O)N(C2CCCC2)C1. The molecule has 1 N–H and O–H groups in total. The number of anilines is 1. The summed E-state index contributed by atoms with van der Waals surface area (Å²) in [5.74, 6) is -0.134. The number of carbonyl (C=O) groups is 2. The van der Waals surface area contributed by atoms with Gasteiger partial charge in [0, 0.05) is 29.2 Å². The van der Waals surface area contributed by atoms with Crippen LogP contribution in [-0.4, -0.2) is 29.3 Å². The Hall–Kier alpha value is -1.36. The van der Waals surface area contributed by atoms with E-state index >= 15 is 0 Å². The molecule has 0 spiro atoms. The van der Waals surface area contributed by atoms with Crippen LogP contribution in [0.2, 0.25) is 0 Å². The molecule has 2 amide bonds. The Morgan fingerprint density at radius 1 is 1.19 bits per heavy atom. The van der Waals surface area contributed by atoms with E-state index in [-0.39, 0.29) is 17.7 Å². The predicted octanol–water partition coefficient (Wildman–Crippen LogP) is 3.18. The molecule has 1 aliphatic carbocycles. The summed E-state index contributed by atoms with van der Waals surface area (Å²) in [6.07, 6.45) is 4.92. The van der Waals surface area contributed by atoms with Gasteiger partial charge in [0.1, 0.15) is 0 Å². The molecular weight excluding hydrogens is 332 g/mol. The number of nitrogens with one attached hydrogen (secondary N) is 1. The van der Waals surface area contributed by atoms with Gasteiger partial charge >= 0.3 is 0 Å². The maximum atomic E-state index is 12.3. The van der Waals surface area contributed by atoms with Gasteiger partial charge in [0.25, 0.3) is 0 Å². The zero-order valence-electron chi connectivity index (χ0n) is 11.8. The molecule has 1 atom stereocenters. The van der Waals surface area contributed by atoms with Crippen LogP contribution >= 0.6 is 15.9 Å². The summed E-state index contributed by atoms with van der Waals surface area (Å²) >= 11 is 3.37. The number of amides is 2. The lowest BCUT2D eigenvalue weighted by Crippen LogP contribution is -2.35. The van der Waals surface area contributed by atoms with E-state index in [9.17, 15) is 9.59 Å². The molecule has 1 saturated carbocycles. The fraction of sp³-hybridized carbons (Fsp3) is 0.500. The summed E-state index contributed by atoms with van der Waals surface area (Å²) < 4.78 is 0.976. The second kappa shape index (κ2) is 6.18. The van der Waals surface area contributed by atoms with Gasteiger partial charge in [-0.2, -0.15) is 0 Å². The van der Waals surface area contributed by atoms with Gasteiger partial charge in [-0.25, -0.2) is 0 Å². The molecule has 1 saturated heterocycles. The minimum Gasteiger partial charge on any atom is -0.339 e. The van der Waals surface area contributed by atoms with Gasteiger partial charge in [0.15, 0.2) is 0 Å². The Morgan fingerprint density at radius 2 is 1.86 bits per heavy atom. The smallest absolute Gasteiger partial charge is 0.229 e. The van der Waals surface area contributed by atoms with Crippen molar-refractivity contribution in [2.45, 2.75) is 38.1 Å². The Balaban J connectivity index is 1.60. The molecule has 1 aliphatic heterocycles. The lowest BCUT2D eigenvalue weighted by Gasteiger charge is -2.23. The van der Waals surface area contributed by atoms with E-state index in [0.29, 0.717) is 19.0 Å². The predicted molar refractivity (Wildman–Crippen MR) is 84.8 cm³/mol. The number of hydrogen-bond donors (Lipinski definition) is 1. The van der Waals surface area contributed by atoms with E-state index in [1.807, 2.05) is 29.2 Å². The first-order valence-corrected chi connectivity index (χ1v) is 8.28. The molecule has 2 fully saturated rings. The van der Waals surface area contributed by atoms with Gasteiger partial charge in [0.2, 0.25) is 11.8 Å². The number of halogens is 1. The van der Waals surface area contributed by atoms with Crippen molar-refractivity contribution in [3.63, 3.8) is 0 Å². The monoisotopic (exact) mass is 350 g/mol. The molecule has 0 radical (unpaired) electrons. The van der Waals surface area contributed by atoms with E-state index in [1.54, 1.807) is 0 Å². The van der Waals surface area contributed by atoms with Crippen LogP contribution in [0.1, 0.15) is 32.1 Å². The van der Waals surface area contributed by atoms with Crippen molar-refractivity contribution < 1.29 is 9.59 Å².